The summed E-state index contributed by atoms with van der Waals surface area (Å²) in [5, 5.41) is 6.20. The average molecular weight is 357 g/mol. The zero-order valence-corrected chi connectivity index (χ0v) is 15.6. The van der Waals surface area contributed by atoms with E-state index in [4.69, 9.17) is 9.47 Å². The Labute approximate surface area is 150 Å². The molecule has 5 nitrogen and oxygen atoms in total. The normalized spacial score (nSPS) is 16.6. The Hall–Kier alpha value is -1.46. The molecule has 1 aromatic carbocycles. The van der Waals surface area contributed by atoms with Crippen LogP contribution in [0.5, 0.6) is 11.5 Å². The molecule has 0 bridgehead atoms. The first-order valence-corrected chi connectivity index (χ1v) is 8.38. The second-order valence-electron chi connectivity index (χ2n) is 6.42. The van der Waals surface area contributed by atoms with Gasteiger partial charge in [-0.3, -0.25) is 4.79 Å². The van der Waals surface area contributed by atoms with Gasteiger partial charge in [0.2, 0.25) is 5.91 Å². The topological polar surface area (TPSA) is 59.6 Å². The number of carbonyl (C=O) groups is 1. The van der Waals surface area contributed by atoms with Crippen LogP contribution in [0, 0.1) is 11.8 Å². The maximum atomic E-state index is 12.0. The first-order valence-electron chi connectivity index (χ1n) is 8.38. The standard InChI is InChI=1S/C18H28N2O3.ClH/c1-13(2)7-9-23-16-5-4-14(10-17(16)22-3)11-20-18(21)15-6-8-19-12-15;/h4-5,10,13,15,19H,6-9,11-12H2,1-3H3,(H,20,21);1H. The molecule has 1 saturated heterocycles. The fourth-order valence-electron chi connectivity index (χ4n) is 2.56. The van der Waals surface area contributed by atoms with Crippen LogP contribution >= 0.6 is 12.4 Å². The molecule has 1 atom stereocenters. The Morgan fingerprint density at radius 3 is 2.79 bits per heavy atom. The minimum atomic E-state index is 0. The molecule has 1 aliphatic rings. The van der Waals surface area contributed by atoms with Crippen LogP contribution in [0.25, 0.3) is 0 Å². The molecule has 136 valence electrons. The Bertz CT molecular complexity index is 517. The van der Waals surface area contributed by atoms with Crippen LogP contribution in [0.15, 0.2) is 18.2 Å². The van der Waals surface area contributed by atoms with Gasteiger partial charge in [0.1, 0.15) is 0 Å². The Morgan fingerprint density at radius 1 is 1.38 bits per heavy atom. The van der Waals surface area contributed by atoms with Gasteiger partial charge in [0.05, 0.1) is 19.6 Å². The summed E-state index contributed by atoms with van der Waals surface area (Å²) in [7, 11) is 1.64. The molecule has 6 heteroatoms. The average Bonchev–Trinajstić information content (AvgIpc) is 3.07. The summed E-state index contributed by atoms with van der Waals surface area (Å²) < 4.78 is 11.2. The number of nitrogens with one attached hydrogen (secondary N) is 2. The third-order valence-corrected chi connectivity index (χ3v) is 4.08. The Morgan fingerprint density at radius 2 is 2.17 bits per heavy atom. The van der Waals surface area contributed by atoms with Crippen molar-refractivity contribution >= 4 is 18.3 Å². The van der Waals surface area contributed by atoms with Crippen LogP contribution in [0.2, 0.25) is 0 Å². The molecular formula is C18H29ClN2O3. The van der Waals surface area contributed by atoms with Crippen molar-refractivity contribution in [2.75, 3.05) is 26.8 Å². The molecule has 1 aromatic rings. The van der Waals surface area contributed by atoms with E-state index in [1.165, 1.54) is 0 Å². The number of rotatable bonds is 8. The van der Waals surface area contributed by atoms with Crippen molar-refractivity contribution < 1.29 is 14.3 Å². The molecule has 2 rings (SSSR count). The van der Waals surface area contributed by atoms with E-state index in [1.807, 2.05) is 18.2 Å². The maximum absolute atomic E-state index is 12.0. The molecule has 0 aromatic heterocycles. The largest absolute Gasteiger partial charge is 0.493 e. The minimum absolute atomic E-state index is 0. The van der Waals surface area contributed by atoms with Gasteiger partial charge in [-0.25, -0.2) is 0 Å². The second-order valence-corrected chi connectivity index (χ2v) is 6.42. The Kier molecular flexibility index (Phi) is 8.93. The van der Waals surface area contributed by atoms with E-state index in [-0.39, 0.29) is 24.2 Å². The van der Waals surface area contributed by atoms with Crippen LogP contribution in [0.3, 0.4) is 0 Å². The molecule has 2 N–H and O–H groups in total. The summed E-state index contributed by atoms with van der Waals surface area (Å²) in [6.07, 6.45) is 1.92. The summed E-state index contributed by atoms with van der Waals surface area (Å²) >= 11 is 0. The zero-order valence-electron chi connectivity index (χ0n) is 14.8. The van der Waals surface area contributed by atoms with Gasteiger partial charge < -0.3 is 20.1 Å². The fourth-order valence-corrected chi connectivity index (χ4v) is 2.56. The van der Waals surface area contributed by atoms with Crippen molar-refractivity contribution in [2.45, 2.75) is 33.2 Å². The van der Waals surface area contributed by atoms with Crippen molar-refractivity contribution in [1.82, 2.24) is 10.6 Å². The summed E-state index contributed by atoms with van der Waals surface area (Å²) in [5.74, 6) is 2.29. The predicted molar refractivity (Wildman–Crippen MR) is 98.0 cm³/mol. The summed E-state index contributed by atoms with van der Waals surface area (Å²) in [5.41, 5.74) is 1.01. The van der Waals surface area contributed by atoms with Gasteiger partial charge in [-0.2, -0.15) is 0 Å². The van der Waals surface area contributed by atoms with Crippen molar-refractivity contribution in [3.63, 3.8) is 0 Å². The molecule has 0 spiro atoms. The molecule has 0 aliphatic carbocycles. The highest BCUT2D eigenvalue weighted by atomic mass is 35.5. The number of carbonyl (C=O) groups excluding carboxylic acids is 1. The van der Waals surface area contributed by atoms with Gasteiger partial charge in [0, 0.05) is 13.1 Å². The molecule has 1 amide bonds. The third-order valence-electron chi connectivity index (χ3n) is 4.08. The van der Waals surface area contributed by atoms with Crippen molar-refractivity contribution in [1.29, 1.82) is 0 Å². The minimum Gasteiger partial charge on any atom is -0.493 e. The molecule has 1 heterocycles. The van der Waals surface area contributed by atoms with Crippen LogP contribution in [-0.2, 0) is 11.3 Å². The number of methoxy groups -OCH3 is 1. The maximum Gasteiger partial charge on any atom is 0.224 e. The van der Waals surface area contributed by atoms with Gasteiger partial charge >= 0.3 is 0 Å². The molecular weight excluding hydrogens is 328 g/mol. The summed E-state index contributed by atoms with van der Waals surface area (Å²) in [6, 6.07) is 5.82. The van der Waals surface area contributed by atoms with Crippen molar-refractivity contribution in [2.24, 2.45) is 11.8 Å². The zero-order chi connectivity index (χ0) is 16.7. The van der Waals surface area contributed by atoms with Gasteiger partial charge in [0.15, 0.2) is 11.5 Å². The lowest BCUT2D eigenvalue weighted by Crippen LogP contribution is -2.31. The molecule has 1 aliphatic heterocycles. The number of hydrogen-bond donors (Lipinski definition) is 2. The number of amides is 1. The molecule has 1 unspecified atom stereocenters. The van der Waals surface area contributed by atoms with Crippen LogP contribution < -0.4 is 20.1 Å². The van der Waals surface area contributed by atoms with E-state index < -0.39 is 0 Å². The van der Waals surface area contributed by atoms with Crippen molar-refractivity contribution in [3.05, 3.63) is 23.8 Å². The fraction of sp³-hybridized carbons (Fsp3) is 0.611. The van der Waals surface area contributed by atoms with Crippen LogP contribution in [0.4, 0.5) is 0 Å². The van der Waals surface area contributed by atoms with Gasteiger partial charge in [-0.05, 0) is 43.0 Å². The number of hydrogen-bond acceptors (Lipinski definition) is 4. The lowest BCUT2D eigenvalue weighted by Gasteiger charge is -2.14. The summed E-state index contributed by atoms with van der Waals surface area (Å²) in [6.45, 7) is 7.24. The SMILES string of the molecule is COc1cc(CNC(=O)C2CCNC2)ccc1OCCC(C)C.Cl. The van der Waals surface area contributed by atoms with Crippen LogP contribution in [0.1, 0.15) is 32.3 Å². The lowest BCUT2D eigenvalue weighted by atomic mass is 10.1. The van der Waals surface area contributed by atoms with E-state index in [0.717, 1.165) is 37.2 Å². The Balaban J connectivity index is 0.00000288. The molecule has 24 heavy (non-hydrogen) atoms. The van der Waals surface area contributed by atoms with E-state index in [9.17, 15) is 4.79 Å². The van der Waals surface area contributed by atoms with Crippen LogP contribution in [-0.4, -0.2) is 32.7 Å². The monoisotopic (exact) mass is 356 g/mol. The molecule has 0 radical (unpaired) electrons. The molecule has 0 saturated carbocycles. The molecule has 1 fully saturated rings. The highest BCUT2D eigenvalue weighted by molar-refractivity contribution is 5.85. The van der Waals surface area contributed by atoms with E-state index in [1.54, 1.807) is 7.11 Å². The number of benzene rings is 1. The lowest BCUT2D eigenvalue weighted by molar-refractivity contribution is -0.124. The van der Waals surface area contributed by atoms with Gasteiger partial charge in [-0.1, -0.05) is 19.9 Å². The quantitative estimate of drug-likeness (QED) is 0.752. The van der Waals surface area contributed by atoms with Gasteiger partial charge in [0.25, 0.3) is 0 Å². The first kappa shape index (κ1) is 20.6. The van der Waals surface area contributed by atoms with E-state index in [0.29, 0.717) is 24.8 Å². The summed E-state index contributed by atoms with van der Waals surface area (Å²) in [4.78, 5) is 12.0. The predicted octanol–water partition coefficient (Wildman–Crippen LogP) is 2.77. The smallest absolute Gasteiger partial charge is 0.224 e. The third kappa shape index (κ3) is 6.21. The first-order chi connectivity index (χ1) is 11.1. The number of halogens is 1. The second kappa shape index (κ2) is 10.4. The van der Waals surface area contributed by atoms with Gasteiger partial charge in [-0.15, -0.1) is 12.4 Å². The van der Waals surface area contributed by atoms with E-state index in [2.05, 4.69) is 24.5 Å². The number of ether oxygens (including phenoxy) is 2. The highest BCUT2D eigenvalue weighted by Crippen LogP contribution is 2.28. The van der Waals surface area contributed by atoms with Crippen molar-refractivity contribution in [3.8, 4) is 11.5 Å². The highest BCUT2D eigenvalue weighted by Gasteiger charge is 2.21. The van der Waals surface area contributed by atoms with E-state index >= 15 is 0 Å².